The van der Waals surface area contributed by atoms with Crippen molar-refractivity contribution >= 4 is 62.9 Å². The fraction of sp³-hybridized carbons (Fsp3) is 0. The van der Waals surface area contributed by atoms with Crippen molar-refractivity contribution in [2.75, 3.05) is 0 Å². The Balaban J connectivity index is 0.00000364. The Bertz CT molecular complexity index is 1090. The number of hydrogen-bond donors (Lipinski definition) is 1. The van der Waals surface area contributed by atoms with E-state index in [-0.39, 0.29) is 46.4 Å². The first-order valence-electron chi connectivity index (χ1n) is 6.89. The van der Waals surface area contributed by atoms with Crippen LogP contribution in [0, 0.1) is 0 Å². The van der Waals surface area contributed by atoms with Gasteiger partial charge in [0.25, 0.3) is 10.1 Å². The number of benzene rings is 2. The van der Waals surface area contributed by atoms with Crippen LogP contribution in [0.3, 0.4) is 0 Å². The molecule has 2 rings (SSSR count). The predicted molar refractivity (Wildman–Crippen MR) is 99.4 cm³/mol. The maximum atomic E-state index is 12.1. The van der Waals surface area contributed by atoms with Gasteiger partial charge in [-0.2, -0.15) is 8.42 Å². The number of carbonyl (C=O) groups excluding carboxylic acids is 1. The standard InChI is InChI=1S/C15H10N6O4S.Na/c16-20-18-12-5-1-10(2-6-12)14(22)8-4-11-3-7-13(19-21-17)9-15(11)26(23,24)25;/h1-9H,(H,23,24,25);. The van der Waals surface area contributed by atoms with Gasteiger partial charge in [-0.1, -0.05) is 46.6 Å². The van der Waals surface area contributed by atoms with E-state index in [4.69, 9.17) is 11.1 Å². The van der Waals surface area contributed by atoms with Crippen LogP contribution < -0.4 is 0 Å². The van der Waals surface area contributed by atoms with E-state index in [1.54, 1.807) is 0 Å². The van der Waals surface area contributed by atoms with Crippen molar-refractivity contribution in [2.45, 2.75) is 4.90 Å². The number of allylic oxidation sites excluding steroid dienone is 1. The second kappa shape index (κ2) is 9.91. The summed E-state index contributed by atoms with van der Waals surface area (Å²) in [5.41, 5.74) is 17.4. The molecule has 0 saturated carbocycles. The zero-order chi connectivity index (χ0) is 19.2. The van der Waals surface area contributed by atoms with Crippen molar-refractivity contribution in [3.63, 3.8) is 0 Å². The Hall–Kier alpha value is -2.62. The molecule has 2 aromatic carbocycles. The molecule has 10 nitrogen and oxygen atoms in total. The summed E-state index contributed by atoms with van der Waals surface area (Å²) in [5, 5.41) is 6.65. The minimum atomic E-state index is -4.59. The van der Waals surface area contributed by atoms with E-state index < -0.39 is 20.8 Å². The van der Waals surface area contributed by atoms with E-state index in [2.05, 4.69) is 20.1 Å². The molecule has 0 aliphatic carbocycles. The van der Waals surface area contributed by atoms with E-state index in [1.807, 2.05) is 0 Å². The van der Waals surface area contributed by atoms with Crippen LogP contribution in [0.15, 0.2) is 63.7 Å². The molecular formula is C15H10N6NaO4S. The molecule has 0 atom stereocenters. The number of nitrogens with zero attached hydrogens (tertiary/aromatic N) is 6. The summed E-state index contributed by atoms with van der Waals surface area (Å²) in [6, 6.07) is 9.44. The summed E-state index contributed by atoms with van der Waals surface area (Å²) in [7, 11) is -4.59. The minimum Gasteiger partial charge on any atom is -0.289 e. The van der Waals surface area contributed by atoms with E-state index in [0.717, 1.165) is 12.1 Å². The molecule has 0 aromatic heterocycles. The van der Waals surface area contributed by atoms with Gasteiger partial charge in [-0.15, -0.1) is 0 Å². The van der Waals surface area contributed by atoms with E-state index in [1.165, 1.54) is 42.5 Å². The molecule has 1 radical (unpaired) electrons. The normalized spacial score (nSPS) is 10.4. The van der Waals surface area contributed by atoms with Gasteiger partial charge in [0.1, 0.15) is 4.90 Å². The van der Waals surface area contributed by atoms with Crippen molar-refractivity contribution in [3.05, 3.63) is 80.6 Å². The molecule has 0 bridgehead atoms. The topological polar surface area (TPSA) is 169 Å². The molecule has 0 fully saturated rings. The number of azide groups is 2. The van der Waals surface area contributed by atoms with Gasteiger partial charge in [-0.3, -0.25) is 9.35 Å². The van der Waals surface area contributed by atoms with Crippen LogP contribution >= 0.6 is 0 Å². The average molecular weight is 393 g/mol. The first kappa shape index (κ1) is 22.4. The molecule has 0 amide bonds. The second-order valence-electron chi connectivity index (χ2n) is 4.82. The molecular weight excluding hydrogens is 383 g/mol. The van der Waals surface area contributed by atoms with Gasteiger partial charge in [-0.25, -0.2) is 0 Å². The number of carbonyl (C=O) groups is 1. The van der Waals surface area contributed by atoms with Crippen LogP contribution in [0.25, 0.3) is 27.0 Å². The van der Waals surface area contributed by atoms with Crippen LogP contribution in [0.2, 0.25) is 0 Å². The second-order valence-corrected chi connectivity index (χ2v) is 6.21. The average Bonchev–Trinajstić information content (AvgIpc) is 2.60. The van der Waals surface area contributed by atoms with Gasteiger partial charge in [0.15, 0.2) is 5.78 Å². The van der Waals surface area contributed by atoms with E-state index in [0.29, 0.717) is 5.69 Å². The Labute approximate surface area is 175 Å². The molecule has 131 valence electrons. The third kappa shape index (κ3) is 6.24. The molecule has 0 aliphatic rings. The van der Waals surface area contributed by atoms with Crippen LogP contribution in [0.1, 0.15) is 15.9 Å². The molecule has 0 aliphatic heterocycles. The van der Waals surface area contributed by atoms with Gasteiger partial charge in [0, 0.05) is 56.3 Å². The molecule has 0 heterocycles. The maximum Gasteiger partial charge on any atom is 0.295 e. The Morgan fingerprint density at radius 2 is 1.56 bits per heavy atom. The number of hydrogen-bond acceptors (Lipinski definition) is 5. The van der Waals surface area contributed by atoms with Gasteiger partial charge in [-0.05, 0) is 34.8 Å². The van der Waals surface area contributed by atoms with Crippen LogP contribution in [0.4, 0.5) is 11.4 Å². The summed E-state index contributed by atoms with van der Waals surface area (Å²) in [6.45, 7) is 0. The van der Waals surface area contributed by atoms with Gasteiger partial charge < -0.3 is 0 Å². The predicted octanol–water partition coefficient (Wildman–Crippen LogP) is 4.33. The quantitative estimate of drug-likeness (QED) is 0.147. The van der Waals surface area contributed by atoms with Gasteiger partial charge in [0.2, 0.25) is 0 Å². The number of ketones is 1. The Morgan fingerprint density at radius 3 is 2.11 bits per heavy atom. The smallest absolute Gasteiger partial charge is 0.289 e. The minimum absolute atomic E-state index is 0. The zero-order valence-electron chi connectivity index (χ0n) is 14.0. The molecule has 2 aromatic rings. The van der Waals surface area contributed by atoms with E-state index >= 15 is 0 Å². The largest absolute Gasteiger partial charge is 0.295 e. The third-order valence-electron chi connectivity index (χ3n) is 3.16. The Kier molecular flexibility index (Phi) is 8.23. The molecule has 12 heteroatoms. The fourth-order valence-corrected chi connectivity index (χ4v) is 2.71. The molecule has 0 unspecified atom stereocenters. The molecule has 0 saturated heterocycles. The van der Waals surface area contributed by atoms with Crippen LogP contribution in [-0.4, -0.2) is 48.3 Å². The fourth-order valence-electron chi connectivity index (χ4n) is 2.00. The van der Waals surface area contributed by atoms with Crippen molar-refractivity contribution in [1.29, 1.82) is 0 Å². The first-order chi connectivity index (χ1) is 12.3. The van der Waals surface area contributed by atoms with Crippen LogP contribution in [0.5, 0.6) is 0 Å². The summed E-state index contributed by atoms with van der Waals surface area (Å²) < 4.78 is 32.3. The van der Waals surface area contributed by atoms with Crippen molar-refractivity contribution in [1.82, 2.24) is 0 Å². The van der Waals surface area contributed by atoms with Crippen LogP contribution in [-0.2, 0) is 10.1 Å². The summed E-state index contributed by atoms with van der Waals surface area (Å²) in [4.78, 5) is 16.8. The first-order valence-corrected chi connectivity index (χ1v) is 8.33. The van der Waals surface area contributed by atoms with Crippen molar-refractivity contribution in [3.8, 4) is 0 Å². The Morgan fingerprint density at radius 1 is 1.00 bits per heavy atom. The summed E-state index contributed by atoms with van der Waals surface area (Å²) in [6.07, 6.45) is 2.34. The monoisotopic (exact) mass is 393 g/mol. The summed E-state index contributed by atoms with van der Waals surface area (Å²) >= 11 is 0. The number of rotatable bonds is 6. The molecule has 27 heavy (non-hydrogen) atoms. The van der Waals surface area contributed by atoms with Gasteiger partial charge in [0.05, 0.1) is 0 Å². The molecule has 0 spiro atoms. The maximum absolute atomic E-state index is 12.1. The molecule has 1 N–H and O–H groups in total. The van der Waals surface area contributed by atoms with Crippen molar-refractivity contribution in [2.24, 2.45) is 10.2 Å². The van der Waals surface area contributed by atoms with Crippen molar-refractivity contribution < 1.29 is 17.8 Å². The SMILES string of the molecule is [N-]=[N+]=Nc1ccc(C(=O)C=Cc2ccc(N=[N+]=[N-])cc2S(=O)(=O)O)cc1.[Na]. The summed E-state index contributed by atoms with van der Waals surface area (Å²) in [5.74, 6) is -0.433. The van der Waals surface area contributed by atoms with Gasteiger partial charge >= 0.3 is 0 Å². The third-order valence-corrected chi connectivity index (χ3v) is 4.07. The van der Waals surface area contributed by atoms with E-state index in [9.17, 15) is 17.8 Å². The zero-order valence-corrected chi connectivity index (χ0v) is 16.8.